The van der Waals surface area contributed by atoms with Crippen LogP contribution in [-0.4, -0.2) is 28.9 Å². The number of hydrogen-bond donors (Lipinski definition) is 2. The van der Waals surface area contributed by atoms with Crippen molar-refractivity contribution in [1.29, 1.82) is 0 Å². The number of methoxy groups -OCH3 is 1. The molecule has 19 heavy (non-hydrogen) atoms. The molecule has 0 saturated carbocycles. The lowest BCUT2D eigenvalue weighted by Crippen LogP contribution is -2.26. The van der Waals surface area contributed by atoms with E-state index in [1.165, 1.54) is 26.2 Å². The molecular weight excluding hydrogens is 248 g/mol. The molecule has 0 heterocycles. The molecule has 1 aliphatic rings. The van der Waals surface area contributed by atoms with E-state index in [0.29, 0.717) is 11.3 Å². The second kappa shape index (κ2) is 5.01. The van der Waals surface area contributed by atoms with E-state index in [4.69, 9.17) is 4.74 Å². The number of fused-ring (bicyclic) bond motifs is 1. The summed E-state index contributed by atoms with van der Waals surface area (Å²) in [5, 5.41) is 20.1. The van der Waals surface area contributed by atoms with Crippen LogP contribution in [0.15, 0.2) is 12.1 Å². The number of Topliss-reactive ketones (excluding diaryl/α,β-unsaturated/α-hetero) is 2. The fourth-order valence-corrected chi connectivity index (χ4v) is 2.54. The molecule has 0 amide bonds. The van der Waals surface area contributed by atoms with E-state index in [0.717, 1.165) is 0 Å². The van der Waals surface area contributed by atoms with Gasteiger partial charge in [-0.3, -0.25) is 4.79 Å². The minimum Gasteiger partial charge on any atom is -0.507 e. The average molecular weight is 264 g/mol. The van der Waals surface area contributed by atoms with Gasteiger partial charge in [-0.2, -0.15) is 0 Å². The maximum absolute atomic E-state index is 12.0. The number of aromatic hydroxyl groups is 1. The molecule has 0 aromatic heterocycles. The first-order valence-electron chi connectivity index (χ1n) is 6.05. The van der Waals surface area contributed by atoms with Crippen LogP contribution < -0.4 is 4.74 Å². The zero-order chi connectivity index (χ0) is 14.2. The molecule has 0 saturated heterocycles. The highest BCUT2D eigenvalue weighted by Crippen LogP contribution is 2.41. The SMILES string of the molecule is COc1cc(O)c2c(c1)[C@H](O)[C@@H](CC(C)=O)CC2=O. The van der Waals surface area contributed by atoms with Gasteiger partial charge in [-0.15, -0.1) is 0 Å². The fourth-order valence-electron chi connectivity index (χ4n) is 2.54. The lowest BCUT2D eigenvalue weighted by Gasteiger charge is -2.29. The third kappa shape index (κ3) is 2.46. The van der Waals surface area contributed by atoms with Crippen LogP contribution in [0, 0.1) is 5.92 Å². The van der Waals surface area contributed by atoms with E-state index < -0.39 is 12.0 Å². The second-order valence-corrected chi connectivity index (χ2v) is 4.85. The first kappa shape index (κ1) is 13.5. The molecule has 1 aromatic carbocycles. The molecule has 5 heteroatoms. The number of benzene rings is 1. The van der Waals surface area contributed by atoms with Crippen molar-refractivity contribution < 1.29 is 24.5 Å². The molecule has 2 N–H and O–H groups in total. The van der Waals surface area contributed by atoms with E-state index >= 15 is 0 Å². The minimum absolute atomic E-state index is 0.0631. The van der Waals surface area contributed by atoms with Crippen molar-refractivity contribution in [3.05, 3.63) is 23.3 Å². The monoisotopic (exact) mass is 264 g/mol. The summed E-state index contributed by atoms with van der Waals surface area (Å²) in [6, 6.07) is 2.87. The topological polar surface area (TPSA) is 83.8 Å². The Morgan fingerprint density at radius 3 is 2.74 bits per heavy atom. The average Bonchev–Trinajstić information content (AvgIpc) is 2.33. The Morgan fingerprint density at radius 2 is 2.16 bits per heavy atom. The third-order valence-electron chi connectivity index (χ3n) is 3.40. The maximum Gasteiger partial charge on any atom is 0.167 e. The number of hydrogen-bond acceptors (Lipinski definition) is 5. The van der Waals surface area contributed by atoms with Crippen LogP contribution in [-0.2, 0) is 4.79 Å². The Labute approximate surface area is 110 Å². The molecular formula is C14H16O5. The zero-order valence-corrected chi connectivity index (χ0v) is 10.8. The van der Waals surface area contributed by atoms with Gasteiger partial charge in [0.2, 0.25) is 0 Å². The van der Waals surface area contributed by atoms with Gasteiger partial charge in [0, 0.05) is 24.8 Å². The molecule has 0 fully saturated rings. The number of phenols is 1. The lowest BCUT2D eigenvalue weighted by molar-refractivity contribution is -0.118. The summed E-state index contributed by atoms with van der Waals surface area (Å²) >= 11 is 0. The highest BCUT2D eigenvalue weighted by atomic mass is 16.5. The number of carbonyl (C=O) groups is 2. The van der Waals surface area contributed by atoms with Gasteiger partial charge in [-0.1, -0.05) is 0 Å². The van der Waals surface area contributed by atoms with Gasteiger partial charge in [-0.05, 0) is 18.6 Å². The molecule has 0 bridgehead atoms. The molecule has 0 radical (unpaired) electrons. The van der Waals surface area contributed by atoms with Crippen LogP contribution in [0.2, 0.25) is 0 Å². The van der Waals surface area contributed by atoms with Crippen LogP contribution in [0.5, 0.6) is 11.5 Å². The molecule has 2 rings (SSSR count). The van der Waals surface area contributed by atoms with Crippen molar-refractivity contribution in [2.75, 3.05) is 7.11 Å². The van der Waals surface area contributed by atoms with Crippen LogP contribution in [0.25, 0.3) is 0 Å². The molecule has 102 valence electrons. The molecule has 0 spiro atoms. The maximum atomic E-state index is 12.0. The van der Waals surface area contributed by atoms with Gasteiger partial charge in [0.05, 0.1) is 18.8 Å². The first-order valence-corrected chi connectivity index (χ1v) is 6.05. The van der Waals surface area contributed by atoms with E-state index in [1.807, 2.05) is 0 Å². The van der Waals surface area contributed by atoms with Crippen molar-refractivity contribution >= 4 is 11.6 Å². The predicted molar refractivity (Wildman–Crippen MR) is 67.4 cm³/mol. The van der Waals surface area contributed by atoms with E-state index in [9.17, 15) is 19.8 Å². The largest absolute Gasteiger partial charge is 0.507 e. The second-order valence-electron chi connectivity index (χ2n) is 4.85. The Balaban J connectivity index is 2.47. The number of ether oxygens (including phenoxy) is 1. The lowest BCUT2D eigenvalue weighted by atomic mass is 9.78. The number of aliphatic hydroxyl groups is 1. The number of rotatable bonds is 3. The molecule has 0 unspecified atom stereocenters. The normalized spacial score (nSPS) is 21.9. The van der Waals surface area contributed by atoms with Gasteiger partial charge in [-0.25, -0.2) is 0 Å². The van der Waals surface area contributed by atoms with Crippen molar-refractivity contribution in [3.63, 3.8) is 0 Å². The van der Waals surface area contributed by atoms with Crippen molar-refractivity contribution in [2.45, 2.75) is 25.9 Å². The molecule has 0 aliphatic heterocycles. The van der Waals surface area contributed by atoms with Gasteiger partial charge in [0.25, 0.3) is 0 Å². The minimum atomic E-state index is -0.947. The van der Waals surface area contributed by atoms with Crippen molar-refractivity contribution in [3.8, 4) is 11.5 Å². The summed E-state index contributed by atoms with van der Waals surface area (Å²) < 4.78 is 5.01. The fraction of sp³-hybridized carbons (Fsp3) is 0.429. The standard InChI is InChI=1S/C14H16O5/c1-7(15)3-8-4-11(16)13-10(14(8)18)5-9(19-2)6-12(13)17/h5-6,8,14,17-18H,3-4H2,1-2H3/t8-,14+/m0/s1. The van der Waals surface area contributed by atoms with Gasteiger partial charge in [0.15, 0.2) is 5.78 Å². The predicted octanol–water partition coefficient (Wildman–Crippen LogP) is 1.62. The first-order chi connectivity index (χ1) is 8.93. The van der Waals surface area contributed by atoms with Crippen LogP contribution >= 0.6 is 0 Å². The molecule has 1 aliphatic carbocycles. The molecule has 1 aromatic rings. The van der Waals surface area contributed by atoms with Crippen LogP contribution in [0.1, 0.15) is 41.8 Å². The zero-order valence-electron chi connectivity index (χ0n) is 10.8. The van der Waals surface area contributed by atoms with E-state index in [2.05, 4.69) is 0 Å². The summed E-state index contributed by atoms with van der Waals surface area (Å²) in [5.41, 5.74) is 0.465. The summed E-state index contributed by atoms with van der Waals surface area (Å²) in [6.07, 6.45) is -0.740. The van der Waals surface area contributed by atoms with Gasteiger partial charge >= 0.3 is 0 Å². The molecule has 2 atom stereocenters. The van der Waals surface area contributed by atoms with Crippen molar-refractivity contribution in [1.82, 2.24) is 0 Å². The number of ketones is 2. The number of phenolic OH excluding ortho intramolecular Hbond substituents is 1. The third-order valence-corrected chi connectivity index (χ3v) is 3.40. The van der Waals surface area contributed by atoms with Crippen LogP contribution in [0.3, 0.4) is 0 Å². The van der Waals surface area contributed by atoms with Gasteiger partial charge in [0.1, 0.15) is 17.3 Å². The number of carbonyl (C=O) groups excluding carboxylic acids is 2. The van der Waals surface area contributed by atoms with Gasteiger partial charge < -0.3 is 19.7 Å². The summed E-state index contributed by atoms with van der Waals surface area (Å²) in [6.45, 7) is 1.43. The molecule has 5 nitrogen and oxygen atoms in total. The highest BCUT2D eigenvalue weighted by Gasteiger charge is 2.35. The highest BCUT2D eigenvalue weighted by molar-refractivity contribution is 6.02. The Kier molecular flexibility index (Phi) is 3.57. The van der Waals surface area contributed by atoms with Crippen molar-refractivity contribution in [2.24, 2.45) is 5.92 Å². The summed E-state index contributed by atoms with van der Waals surface area (Å²) in [4.78, 5) is 23.2. The quantitative estimate of drug-likeness (QED) is 0.866. The Morgan fingerprint density at radius 1 is 1.47 bits per heavy atom. The summed E-state index contributed by atoms with van der Waals surface area (Å²) in [5.74, 6) is -0.602. The number of aliphatic hydroxyl groups excluding tert-OH is 1. The Hall–Kier alpha value is -1.88. The Bertz CT molecular complexity index is 535. The van der Waals surface area contributed by atoms with E-state index in [1.54, 1.807) is 0 Å². The smallest absolute Gasteiger partial charge is 0.167 e. The summed E-state index contributed by atoms with van der Waals surface area (Å²) in [7, 11) is 1.44. The van der Waals surface area contributed by atoms with Crippen LogP contribution in [0.4, 0.5) is 0 Å². The van der Waals surface area contributed by atoms with E-state index in [-0.39, 0.29) is 35.7 Å².